The van der Waals surface area contributed by atoms with Crippen molar-refractivity contribution in [2.75, 3.05) is 0 Å². The lowest BCUT2D eigenvalue weighted by Crippen LogP contribution is -2.04. The van der Waals surface area contributed by atoms with Crippen LogP contribution in [0.4, 0.5) is 0 Å². The molecule has 0 spiro atoms. The van der Waals surface area contributed by atoms with Gasteiger partial charge in [-0.2, -0.15) is 0 Å². The molecule has 5 heteroatoms. The van der Waals surface area contributed by atoms with Gasteiger partial charge in [0, 0.05) is 23.0 Å². The number of aromatic amines is 3. The Morgan fingerprint density at radius 1 is 0.585 bits per heavy atom. The van der Waals surface area contributed by atoms with E-state index in [2.05, 4.69) is 82.5 Å². The van der Waals surface area contributed by atoms with E-state index in [-0.39, 0.29) is 0 Å². The number of hydrogen-bond donors (Lipinski definition) is 3. The highest BCUT2D eigenvalue weighted by Gasteiger charge is 2.32. The number of aryl methyl sites for hydroxylation is 6. The number of carbonyl (C=O) groups excluding carboxylic acids is 1. The molecule has 3 N–H and O–H groups in total. The Morgan fingerprint density at radius 2 is 1.05 bits per heavy atom. The van der Waals surface area contributed by atoms with E-state index in [1.54, 1.807) is 0 Å². The number of aldehydes is 1. The van der Waals surface area contributed by atoms with Gasteiger partial charge in [-0.05, 0) is 96.9 Å². The standard InChI is InChI=1S/C36H48N4O/c1-9-20-22(11-3)33-35-26(15-7)24(13-5)31(39-35)28(19-41)32-25(14-6)27(16-8)36(40-32)34-23(12-4)21(10-2)30(38-34)18-17-29(20)37-33/h17-20,22,38-40H,9-16H2,1-8H3. The number of rotatable bonds is 9. The smallest absolute Gasteiger partial charge is 0.154 e. The monoisotopic (exact) mass is 552 g/mol. The van der Waals surface area contributed by atoms with Crippen LogP contribution in [0.25, 0.3) is 33.1 Å². The number of carbonyl (C=O) groups is 1. The Balaban J connectivity index is 2.14. The average molecular weight is 553 g/mol. The van der Waals surface area contributed by atoms with Crippen molar-refractivity contribution < 1.29 is 4.79 Å². The van der Waals surface area contributed by atoms with E-state index in [1.807, 2.05) is 0 Å². The summed E-state index contributed by atoms with van der Waals surface area (Å²) in [7, 11) is 0. The molecule has 8 bridgehead atoms. The Morgan fingerprint density at radius 3 is 1.56 bits per heavy atom. The molecule has 0 amide bonds. The van der Waals surface area contributed by atoms with Crippen LogP contribution in [0.5, 0.6) is 0 Å². The third-order valence-electron chi connectivity index (χ3n) is 9.74. The van der Waals surface area contributed by atoms with Crippen molar-refractivity contribution in [2.24, 2.45) is 0 Å². The van der Waals surface area contributed by atoms with Gasteiger partial charge < -0.3 is 15.0 Å². The molecule has 0 aliphatic carbocycles. The maximum atomic E-state index is 13.1. The molecule has 2 atom stereocenters. The zero-order valence-corrected chi connectivity index (χ0v) is 26.4. The van der Waals surface area contributed by atoms with E-state index in [0.717, 1.165) is 96.5 Å². The molecule has 4 aromatic heterocycles. The first-order chi connectivity index (χ1) is 20.0. The minimum absolute atomic E-state index is 0.347. The molecule has 218 valence electrons. The fraction of sp³-hybridized carbons (Fsp3) is 0.500. The molecular weight excluding hydrogens is 504 g/mol. The zero-order valence-electron chi connectivity index (χ0n) is 26.4. The maximum Gasteiger partial charge on any atom is 0.154 e. The van der Waals surface area contributed by atoms with Gasteiger partial charge in [0.15, 0.2) is 6.29 Å². The molecule has 0 saturated carbocycles. The van der Waals surface area contributed by atoms with Crippen LogP contribution in [0.1, 0.15) is 135 Å². The molecule has 5 nitrogen and oxygen atoms in total. The summed E-state index contributed by atoms with van der Waals surface area (Å²) < 4.78 is 0. The quantitative estimate of drug-likeness (QED) is 0.181. The maximum absolute atomic E-state index is 13.1. The van der Waals surface area contributed by atoms with E-state index < -0.39 is 0 Å². The summed E-state index contributed by atoms with van der Waals surface area (Å²) in [6.45, 7) is 17.9. The zero-order chi connectivity index (χ0) is 29.4. The van der Waals surface area contributed by atoms with Crippen LogP contribution in [0, 0.1) is 0 Å². The third-order valence-corrected chi connectivity index (χ3v) is 9.74. The molecule has 1 aliphatic rings. The predicted octanol–water partition coefficient (Wildman–Crippen LogP) is 9.40. The fourth-order valence-electron chi connectivity index (χ4n) is 7.84. The second-order valence-corrected chi connectivity index (χ2v) is 11.5. The Labute approximate surface area is 244 Å². The first kappa shape index (κ1) is 29.2. The minimum atomic E-state index is 0.347. The van der Waals surface area contributed by atoms with Crippen molar-refractivity contribution in [2.45, 2.75) is 119 Å². The molecule has 1 aliphatic heterocycles. The minimum Gasteiger partial charge on any atom is -0.353 e. The fourth-order valence-corrected chi connectivity index (χ4v) is 7.84. The molecule has 0 fully saturated rings. The molecule has 5 heterocycles. The van der Waals surface area contributed by atoms with Gasteiger partial charge in [-0.15, -0.1) is 0 Å². The summed E-state index contributed by atoms with van der Waals surface area (Å²) in [5.41, 5.74) is 17.4. The van der Waals surface area contributed by atoms with Crippen LogP contribution in [0.3, 0.4) is 0 Å². The number of H-pyrrole nitrogens is 3. The summed E-state index contributed by atoms with van der Waals surface area (Å²) in [5, 5.41) is 0. The average Bonchev–Trinajstić information content (AvgIpc) is 3.74. The highest BCUT2D eigenvalue weighted by atomic mass is 16.1. The lowest BCUT2D eigenvalue weighted by molar-refractivity contribution is 0.112. The molecule has 0 radical (unpaired) electrons. The summed E-state index contributed by atoms with van der Waals surface area (Å²) in [5.74, 6) is 0.724. The Hall–Kier alpha value is -3.34. The lowest BCUT2D eigenvalue weighted by Gasteiger charge is -2.17. The SMILES string of the molecule is CCc1c(CC)c2[nH]c1ccc1nc(c3[nH]c(c(CC)c3CC)c(C=O)c3[nH]c2c(CC)c3CC)C(CC)C1CC. The van der Waals surface area contributed by atoms with Gasteiger partial charge >= 0.3 is 0 Å². The van der Waals surface area contributed by atoms with Crippen LogP contribution in [-0.2, 0) is 38.5 Å². The molecule has 5 rings (SSSR count). The Kier molecular flexibility index (Phi) is 8.45. The van der Waals surface area contributed by atoms with Gasteiger partial charge in [-0.25, -0.2) is 0 Å². The van der Waals surface area contributed by atoms with Crippen molar-refractivity contribution in [3.63, 3.8) is 0 Å². The van der Waals surface area contributed by atoms with Crippen LogP contribution < -0.4 is 0 Å². The number of aromatic nitrogens is 4. The summed E-state index contributed by atoms with van der Waals surface area (Å²) in [4.78, 5) is 30.0. The van der Waals surface area contributed by atoms with Crippen LogP contribution >= 0.6 is 0 Å². The van der Waals surface area contributed by atoms with Gasteiger partial charge in [-0.3, -0.25) is 9.78 Å². The van der Waals surface area contributed by atoms with Crippen molar-refractivity contribution in [3.05, 3.63) is 62.5 Å². The summed E-state index contributed by atoms with van der Waals surface area (Å²) in [6.07, 6.45) is 8.58. The van der Waals surface area contributed by atoms with Gasteiger partial charge in [0.25, 0.3) is 0 Å². The van der Waals surface area contributed by atoms with Gasteiger partial charge in [0.2, 0.25) is 0 Å². The van der Waals surface area contributed by atoms with Crippen molar-refractivity contribution in [1.29, 1.82) is 0 Å². The lowest BCUT2D eigenvalue weighted by atomic mass is 9.85. The van der Waals surface area contributed by atoms with Crippen LogP contribution in [-0.4, -0.2) is 26.2 Å². The highest BCUT2D eigenvalue weighted by molar-refractivity contribution is 6.01. The second kappa shape index (κ2) is 11.9. The number of nitrogens with zero attached hydrogens (tertiary/aromatic N) is 1. The highest BCUT2D eigenvalue weighted by Crippen LogP contribution is 2.44. The summed E-state index contributed by atoms with van der Waals surface area (Å²) >= 11 is 0. The van der Waals surface area contributed by atoms with Gasteiger partial charge in [0.05, 0.1) is 38.8 Å². The molecule has 0 saturated heterocycles. The van der Waals surface area contributed by atoms with Crippen LogP contribution in [0.2, 0.25) is 0 Å². The molecule has 4 aromatic rings. The van der Waals surface area contributed by atoms with E-state index in [9.17, 15) is 4.79 Å². The van der Waals surface area contributed by atoms with Crippen LogP contribution in [0.15, 0.2) is 12.1 Å². The predicted molar refractivity (Wildman–Crippen MR) is 174 cm³/mol. The number of hydrogen-bond acceptors (Lipinski definition) is 2. The molecule has 41 heavy (non-hydrogen) atoms. The molecule has 0 aromatic carbocycles. The first-order valence-electron chi connectivity index (χ1n) is 16.1. The summed E-state index contributed by atoms with van der Waals surface area (Å²) in [6, 6.07) is 4.55. The van der Waals surface area contributed by atoms with Crippen molar-refractivity contribution in [3.8, 4) is 0 Å². The van der Waals surface area contributed by atoms with Crippen molar-refractivity contribution >= 4 is 39.4 Å². The largest absolute Gasteiger partial charge is 0.353 e. The Bertz CT molecular complexity index is 1710. The topological polar surface area (TPSA) is 77.3 Å². The van der Waals surface area contributed by atoms with E-state index >= 15 is 0 Å². The van der Waals surface area contributed by atoms with Gasteiger partial charge in [0.1, 0.15) is 0 Å². The number of fused-ring (bicyclic) bond motifs is 10. The first-order valence-corrected chi connectivity index (χ1v) is 16.1. The normalized spacial score (nSPS) is 16.2. The number of nitrogens with one attached hydrogen (secondary N) is 3. The third kappa shape index (κ3) is 4.43. The van der Waals surface area contributed by atoms with E-state index in [1.165, 1.54) is 44.6 Å². The van der Waals surface area contributed by atoms with Gasteiger partial charge in [-0.1, -0.05) is 55.4 Å². The molecular formula is C36H48N4O. The second-order valence-electron chi connectivity index (χ2n) is 11.5. The van der Waals surface area contributed by atoms with E-state index in [4.69, 9.17) is 4.98 Å². The molecule has 2 unspecified atom stereocenters. The van der Waals surface area contributed by atoms with E-state index in [0.29, 0.717) is 11.8 Å². The van der Waals surface area contributed by atoms with Crippen molar-refractivity contribution in [1.82, 2.24) is 19.9 Å².